The molecule has 194 valence electrons. The Hall–Kier alpha value is -1.85. The number of carbonyl (C=O) groups is 1. The summed E-state index contributed by atoms with van der Waals surface area (Å²) in [5, 5.41) is 0. The number of alkyl halides is 3. The maximum atomic E-state index is 12.5. The zero-order valence-electron chi connectivity index (χ0n) is 20.1. The molecule has 0 saturated heterocycles. The number of ether oxygens (including phenoxy) is 2. The van der Waals surface area contributed by atoms with Crippen molar-refractivity contribution in [2.75, 3.05) is 6.61 Å². The molecular formula is C23H33BrF4N2O3S. The van der Waals surface area contributed by atoms with Crippen molar-refractivity contribution in [2.24, 2.45) is 5.92 Å². The molecule has 0 bridgehead atoms. The number of nitrogens with zero attached hydrogens (tertiary/aromatic N) is 1. The number of nitrogens with one attached hydrogen (secondary N) is 1. The molecule has 0 amide bonds. The van der Waals surface area contributed by atoms with Crippen LogP contribution in [0.15, 0.2) is 47.1 Å². The molecule has 0 radical (unpaired) electrons. The highest BCUT2D eigenvalue weighted by Crippen LogP contribution is 2.25. The van der Waals surface area contributed by atoms with Crippen LogP contribution < -0.4 is 9.46 Å². The zero-order valence-corrected chi connectivity index (χ0v) is 22.6. The molecule has 1 heterocycles. The Kier molecular flexibility index (Phi) is 19.6. The summed E-state index contributed by atoms with van der Waals surface area (Å²) >= 11 is 7.38. The average molecular weight is 573 g/mol. The van der Waals surface area contributed by atoms with Gasteiger partial charge in [-0.1, -0.05) is 59.6 Å². The molecule has 0 aliphatic heterocycles. The SMILES string of the molecule is CC.CC(C)C.CCOC(=O)CC(NS)c1ncccc1Br.Fc1ccccc1OC(F)(F)F. The van der Waals surface area contributed by atoms with Crippen molar-refractivity contribution in [1.29, 1.82) is 0 Å². The summed E-state index contributed by atoms with van der Waals surface area (Å²) in [6, 6.07) is 7.74. The monoisotopic (exact) mass is 572 g/mol. The lowest BCUT2D eigenvalue weighted by Gasteiger charge is -2.15. The van der Waals surface area contributed by atoms with Crippen LogP contribution in [0.2, 0.25) is 0 Å². The van der Waals surface area contributed by atoms with E-state index in [1.165, 1.54) is 12.1 Å². The van der Waals surface area contributed by atoms with Crippen LogP contribution >= 0.6 is 28.7 Å². The van der Waals surface area contributed by atoms with Crippen LogP contribution in [0.1, 0.15) is 59.7 Å². The van der Waals surface area contributed by atoms with E-state index in [0.29, 0.717) is 6.61 Å². The van der Waals surface area contributed by atoms with Crippen LogP contribution in [0.3, 0.4) is 0 Å². The molecule has 1 aromatic heterocycles. The molecule has 1 aromatic carbocycles. The molecule has 1 N–H and O–H groups in total. The molecular weight excluding hydrogens is 540 g/mol. The van der Waals surface area contributed by atoms with Crippen LogP contribution in [-0.2, 0) is 9.53 Å². The molecule has 2 aromatic rings. The quantitative estimate of drug-likeness (QED) is 0.211. The number of hydrogen-bond donors (Lipinski definition) is 2. The number of halogens is 5. The summed E-state index contributed by atoms with van der Waals surface area (Å²) < 4.78 is 58.9. The Morgan fingerprint density at radius 3 is 2.15 bits per heavy atom. The van der Waals surface area contributed by atoms with E-state index < -0.39 is 17.9 Å². The highest BCUT2D eigenvalue weighted by atomic mass is 79.9. The van der Waals surface area contributed by atoms with E-state index in [0.717, 1.165) is 28.2 Å². The minimum Gasteiger partial charge on any atom is -0.466 e. The van der Waals surface area contributed by atoms with Gasteiger partial charge in [0.05, 0.1) is 24.8 Å². The number of benzene rings is 1. The number of aromatic nitrogens is 1. The van der Waals surface area contributed by atoms with Crippen molar-refractivity contribution in [3.05, 3.63) is 58.6 Å². The summed E-state index contributed by atoms with van der Waals surface area (Å²) in [7, 11) is 0. The summed E-state index contributed by atoms with van der Waals surface area (Å²) in [6.07, 6.45) is -2.97. The fraction of sp³-hybridized carbons (Fsp3) is 0.478. The first-order valence-electron chi connectivity index (χ1n) is 10.6. The van der Waals surface area contributed by atoms with E-state index in [1.54, 1.807) is 13.1 Å². The van der Waals surface area contributed by atoms with Crippen LogP contribution in [0, 0.1) is 11.7 Å². The van der Waals surface area contributed by atoms with Gasteiger partial charge in [-0.25, -0.2) is 4.39 Å². The zero-order chi connectivity index (χ0) is 26.7. The lowest BCUT2D eigenvalue weighted by atomic mass is 10.1. The van der Waals surface area contributed by atoms with Gasteiger partial charge in [-0.15, -0.1) is 13.2 Å². The Balaban J connectivity index is 0. The van der Waals surface area contributed by atoms with E-state index in [2.05, 4.69) is 64.0 Å². The van der Waals surface area contributed by atoms with Crippen LogP contribution in [-0.4, -0.2) is 23.9 Å². The Labute approximate surface area is 213 Å². The Morgan fingerprint density at radius 1 is 1.15 bits per heavy atom. The molecule has 0 aliphatic carbocycles. The predicted molar refractivity (Wildman–Crippen MR) is 133 cm³/mol. The molecule has 11 heteroatoms. The lowest BCUT2D eigenvalue weighted by Crippen LogP contribution is -2.19. The number of carbonyl (C=O) groups excluding carboxylic acids is 1. The van der Waals surface area contributed by atoms with Gasteiger partial charge in [0.15, 0.2) is 11.6 Å². The van der Waals surface area contributed by atoms with Gasteiger partial charge in [-0.05, 0) is 53.0 Å². The van der Waals surface area contributed by atoms with E-state index in [4.69, 9.17) is 4.74 Å². The molecule has 0 fully saturated rings. The second-order valence-electron chi connectivity index (χ2n) is 6.77. The molecule has 1 atom stereocenters. The lowest BCUT2D eigenvalue weighted by molar-refractivity contribution is -0.275. The fourth-order valence-corrected chi connectivity index (χ4v) is 2.64. The second kappa shape index (κ2) is 19.5. The van der Waals surface area contributed by atoms with Gasteiger partial charge in [-0.3, -0.25) is 14.5 Å². The predicted octanol–water partition coefficient (Wildman–Crippen LogP) is 7.69. The Bertz CT molecular complexity index is 809. The van der Waals surface area contributed by atoms with E-state index in [-0.39, 0.29) is 18.4 Å². The third-order valence-corrected chi connectivity index (χ3v) is 3.99. The van der Waals surface area contributed by atoms with Gasteiger partial charge < -0.3 is 9.47 Å². The van der Waals surface area contributed by atoms with Crippen molar-refractivity contribution < 1.29 is 31.8 Å². The van der Waals surface area contributed by atoms with Crippen molar-refractivity contribution in [3.63, 3.8) is 0 Å². The number of pyridine rings is 1. The van der Waals surface area contributed by atoms with Crippen LogP contribution in [0.5, 0.6) is 5.75 Å². The standard InChI is InChI=1S/C10H13BrN2O2S.C7H4F4O.C4H10.C2H6/c1-2-15-9(14)6-8(13-16)10-7(11)4-3-5-12-10;8-5-3-1-2-4-6(5)12-7(9,10)11;1-4(2)3;1-2/h3-5,8,13,16H,2,6H2,1H3;1-4H;4H,1-3H3;1-2H3. The maximum absolute atomic E-state index is 12.5. The fourth-order valence-electron chi connectivity index (χ4n) is 1.90. The number of rotatable bonds is 6. The summed E-state index contributed by atoms with van der Waals surface area (Å²) in [4.78, 5) is 15.6. The first-order valence-corrected chi connectivity index (χ1v) is 11.8. The summed E-state index contributed by atoms with van der Waals surface area (Å²) in [6.45, 7) is 12.7. The highest BCUT2D eigenvalue weighted by Gasteiger charge is 2.32. The summed E-state index contributed by atoms with van der Waals surface area (Å²) in [5.74, 6) is -1.29. The molecule has 5 nitrogen and oxygen atoms in total. The first-order chi connectivity index (χ1) is 15.9. The van der Waals surface area contributed by atoms with Crippen LogP contribution in [0.4, 0.5) is 17.6 Å². The van der Waals surface area contributed by atoms with Gasteiger partial charge in [0.25, 0.3) is 0 Å². The maximum Gasteiger partial charge on any atom is 0.573 e. The van der Waals surface area contributed by atoms with Gasteiger partial charge in [-0.2, -0.15) is 0 Å². The normalized spacial score (nSPS) is 11.0. The summed E-state index contributed by atoms with van der Waals surface area (Å²) in [5.41, 5.74) is 0.741. The largest absolute Gasteiger partial charge is 0.573 e. The van der Waals surface area contributed by atoms with Crippen LogP contribution in [0.25, 0.3) is 0 Å². The molecule has 0 aliphatic rings. The molecule has 34 heavy (non-hydrogen) atoms. The van der Waals surface area contributed by atoms with Gasteiger partial charge in [0.1, 0.15) is 0 Å². The molecule has 0 saturated carbocycles. The average Bonchev–Trinajstić information content (AvgIpc) is 2.75. The molecule has 2 rings (SSSR count). The van der Waals surface area contributed by atoms with Crippen molar-refractivity contribution in [3.8, 4) is 5.75 Å². The number of esters is 1. The first kappa shape index (κ1) is 34.3. The number of hydrogen-bond acceptors (Lipinski definition) is 6. The number of para-hydroxylation sites is 1. The highest BCUT2D eigenvalue weighted by molar-refractivity contribution is 9.10. The van der Waals surface area contributed by atoms with Crippen molar-refractivity contribution in [1.82, 2.24) is 9.71 Å². The third-order valence-electron chi connectivity index (χ3n) is 3.01. The molecule has 0 spiro atoms. The minimum absolute atomic E-state index is 0.201. The van der Waals surface area contributed by atoms with Crippen molar-refractivity contribution in [2.45, 2.75) is 60.4 Å². The van der Waals surface area contributed by atoms with Gasteiger partial charge in [0.2, 0.25) is 0 Å². The van der Waals surface area contributed by atoms with E-state index >= 15 is 0 Å². The Morgan fingerprint density at radius 2 is 1.71 bits per heavy atom. The second-order valence-corrected chi connectivity index (χ2v) is 7.88. The number of thiol groups is 1. The van der Waals surface area contributed by atoms with E-state index in [9.17, 15) is 22.4 Å². The minimum atomic E-state index is -4.85. The van der Waals surface area contributed by atoms with Crippen molar-refractivity contribution >= 4 is 34.7 Å². The third kappa shape index (κ3) is 17.6. The topological polar surface area (TPSA) is 60.5 Å². The van der Waals surface area contributed by atoms with E-state index in [1.807, 2.05) is 26.0 Å². The van der Waals surface area contributed by atoms with Gasteiger partial charge >= 0.3 is 12.3 Å². The molecule has 1 unspecified atom stereocenters. The smallest absolute Gasteiger partial charge is 0.466 e. The van der Waals surface area contributed by atoms with Gasteiger partial charge in [0, 0.05) is 10.7 Å².